The minimum atomic E-state index is -0.667. The molecule has 0 aliphatic rings. The molecule has 0 aromatic heterocycles. The van der Waals surface area contributed by atoms with Gasteiger partial charge in [-0.25, -0.2) is 0 Å². The molecule has 0 radical (unpaired) electrons. The van der Waals surface area contributed by atoms with E-state index in [4.69, 9.17) is 4.74 Å². The molecule has 32 heavy (non-hydrogen) atoms. The van der Waals surface area contributed by atoms with E-state index in [2.05, 4.69) is 16.0 Å². The first kappa shape index (κ1) is 25.2. The quantitative estimate of drug-likeness (QED) is 0.446. The first-order chi connectivity index (χ1) is 15.1. The molecule has 7 heteroatoms. The van der Waals surface area contributed by atoms with Crippen LogP contribution in [0.1, 0.15) is 57.3 Å². The molecule has 4 N–H and O–H groups in total. The van der Waals surface area contributed by atoms with E-state index in [1.54, 1.807) is 25.3 Å². The van der Waals surface area contributed by atoms with Crippen LogP contribution in [-0.2, 0) is 16.0 Å². The number of nitrogens with one attached hydrogen (secondary N) is 3. The van der Waals surface area contributed by atoms with Crippen molar-refractivity contribution < 1.29 is 19.4 Å². The molecule has 2 rings (SSSR count). The summed E-state index contributed by atoms with van der Waals surface area (Å²) in [7, 11) is 3.47. The minimum absolute atomic E-state index is 0.0964. The number of methoxy groups -OCH3 is 1. The fraction of sp³-hybridized carbons (Fsp3) is 0.440. The number of hydrogen-bond acceptors (Lipinski definition) is 5. The molecule has 0 bridgehead atoms. The zero-order valence-electron chi connectivity index (χ0n) is 19.6. The average Bonchev–Trinajstić information content (AvgIpc) is 2.74. The van der Waals surface area contributed by atoms with Crippen LogP contribution in [0.15, 0.2) is 42.5 Å². The Morgan fingerprint density at radius 1 is 1.06 bits per heavy atom. The van der Waals surface area contributed by atoms with Crippen molar-refractivity contribution in [2.24, 2.45) is 0 Å². The fourth-order valence-corrected chi connectivity index (χ4v) is 3.32. The molecule has 0 heterocycles. The van der Waals surface area contributed by atoms with Crippen LogP contribution in [0, 0.1) is 0 Å². The highest BCUT2D eigenvalue weighted by Gasteiger charge is 2.15. The van der Waals surface area contributed by atoms with Crippen molar-refractivity contribution in [3.05, 3.63) is 53.6 Å². The van der Waals surface area contributed by atoms with Crippen LogP contribution in [-0.4, -0.2) is 36.6 Å². The number of anilines is 2. The van der Waals surface area contributed by atoms with Gasteiger partial charge in [-0.1, -0.05) is 18.2 Å². The Morgan fingerprint density at radius 2 is 1.78 bits per heavy atom. The van der Waals surface area contributed by atoms with Gasteiger partial charge >= 0.3 is 0 Å². The van der Waals surface area contributed by atoms with Crippen LogP contribution >= 0.6 is 0 Å². The summed E-state index contributed by atoms with van der Waals surface area (Å²) in [6.45, 7) is 5.70. The SMILES string of the molecule is CNc1ccc(CC[C@@H](O)c2cccc(NC(=O)CCC(=O)NC(C)(C)C)c2)cc1OC. The number of hydrogen-bond donors (Lipinski definition) is 4. The van der Waals surface area contributed by atoms with Crippen molar-refractivity contribution in [1.29, 1.82) is 0 Å². The number of carbonyl (C=O) groups excluding carboxylic acids is 2. The number of rotatable bonds is 10. The van der Waals surface area contributed by atoms with E-state index >= 15 is 0 Å². The number of ether oxygens (including phenoxy) is 1. The highest BCUT2D eigenvalue weighted by Crippen LogP contribution is 2.27. The Hall–Kier alpha value is -3.06. The van der Waals surface area contributed by atoms with Crippen LogP contribution in [0.2, 0.25) is 0 Å². The highest BCUT2D eigenvalue weighted by atomic mass is 16.5. The highest BCUT2D eigenvalue weighted by molar-refractivity contribution is 5.93. The van der Waals surface area contributed by atoms with Crippen molar-refractivity contribution in [3.8, 4) is 5.75 Å². The van der Waals surface area contributed by atoms with Gasteiger partial charge in [-0.3, -0.25) is 9.59 Å². The molecule has 2 aromatic rings. The summed E-state index contributed by atoms with van der Waals surface area (Å²) in [5.74, 6) is 0.369. The average molecular weight is 442 g/mol. The molecule has 0 fully saturated rings. The molecular formula is C25H35N3O4. The maximum atomic E-state index is 12.2. The number of aliphatic hydroxyl groups excluding tert-OH is 1. The summed E-state index contributed by atoms with van der Waals surface area (Å²) in [6.07, 6.45) is 0.771. The van der Waals surface area contributed by atoms with Crippen LogP contribution < -0.4 is 20.7 Å². The third-order valence-electron chi connectivity index (χ3n) is 4.89. The molecule has 0 saturated carbocycles. The van der Waals surface area contributed by atoms with Gasteiger partial charge in [0.2, 0.25) is 11.8 Å². The van der Waals surface area contributed by atoms with Gasteiger partial charge in [0.1, 0.15) is 5.75 Å². The minimum Gasteiger partial charge on any atom is -0.495 e. The van der Waals surface area contributed by atoms with Crippen molar-refractivity contribution in [3.63, 3.8) is 0 Å². The number of benzene rings is 2. The Morgan fingerprint density at radius 3 is 2.44 bits per heavy atom. The van der Waals surface area contributed by atoms with Gasteiger partial charge in [0.05, 0.1) is 18.9 Å². The molecule has 0 unspecified atom stereocenters. The maximum Gasteiger partial charge on any atom is 0.224 e. The van der Waals surface area contributed by atoms with E-state index in [1.807, 2.05) is 52.1 Å². The largest absolute Gasteiger partial charge is 0.495 e. The Kier molecular flexibility index (Phi) is 9.08. The Bertz CT molecular complexity index is 922. The summed E-state index contributed by atoms with van der Waals surface area (Å²) < 4.78 is 5.39. The van der Waals surface area contributed by atoms with Gasteiger partial charge < -0.3 is 25.8 Å². The lowest BCUT2D eigenvalue weighted by atomic mass is 10.0. The summed E-state index contributed by atoms with van der Waals surface area (Å²) in [5.41, 5.74) is 2.99. The first-order valence-electron chi connectivity index (χ1n) is 10.8. The van der Waals surface area contributed by atoms with E-state index in [0.717, 1.165) is 22.6 Å². The second-order valence-corrected chi connectivity index (χ2v) is 8.81. The zero-order valence-corrected chi connectivity index (χ0v) is 19.6. The smallest absolute Gasteiger partial charge is 0.224 e. The summed E-state index contributed by atoms with van der Waals surface area (Å²) in [5, 5.41) is 19.4. The van der Waals surface area contributed by atoms with Gasteiger partial charge in [-0.05, 0) is 69.0 Å². The molecule has 174 valence electrons. The van der Waals surface area contributed by atoms with E-state index in [1.165, 1.54) is 0 Å². The monoisotopic (exact) mass is 441 g/mol. The lowest BCUT2D eigenvalue weighted by molar-refractivity contribution is -0.125. The van der Waals surface area contributed by atoms with Crippen molar-refractivity contribution >= 4 is 23.2 Å². The third kappa shape index (κ3) is 8.23. The van der Waals surface area contributed by atoms with Crippen LogP contribution in [0.5, 0.6) is 5.75 Å². The second kappa shape index (κ2) is 11.5. The molecule has 2 aromatic carbocycles. The maximum absolute atomic E-state index is 12.2. The second-order valence-electron chi connectivity index (χ2n) is 8.81. The molecule has 2 amide bonds. The van der Waals surface area contributed by atoms with Crippen molar-refractivity contribution in [1.82, 2.24) is 5.32 Å². The molecule has 7 nitrogen and oxygen atoms in total. The normalized spacial score (nSPS) is 12.1. The van der Waals surface area contributed by atoms with Gasteiger partial charge in [0.25, 0.3) is 0 Å². The fourth-order valence-electron chi connectivity index (χ4n) is 3.32. The van der Waals surface area contributed by atoms with Gasteiger partial charge in [0, 0.05) is 31.1 Å². The lowest BCUT2D eigenvalue weighted by Gasteiger charge is -2.20. The third-order valence-corrected chi connectivity index (χ3v) is 4.89. The molecule has 0 aliphatic heterocycles. The van der Waals surface area contributed by atoms with Gasteiger partial charge in [-0.15, -0.1) is 0 Å². The lowest BCUT2D eigenvalue weighted by Crippen LogP contribution is -2.40. The molecule has 1 atom stereocenters. The number of aryl methyl sites for hydroxylation is 1. The molecule has 0 saturated heterocycles. The molecular weight excluding hydrogens is 406 g/mol. The van der Waals surface area contributed by atoms with Crippen LogP contribution in [0.4, 0.5) is 11.4 Å². The molecule has 0 spiro atoms. The van der Waals surface area contributed by atoms with E-state index < -0.39 is 6.10 Å². The van der Waals surface area contributed by atoms with Crippen LogP contribution in [0.3, 0.4) is 0 Å². The number of aliphatic hydroxyl groups is 1. The topological polar surface area (TPSA) is 99.7 Å². The van der Waals surface area contributed by atoms with Crippen molar-refractivity contribution in [2.45, 2.75) is 58.1 Å². The first-order valence-corrected chi connectivity index (χ1v) is 10.8. The zero-order chi connectivity index (χ0) is 23.7. The van der Waals surface area contributed by atoms with Crippen molar-refractivity contribution in [2.75, 3.05) is 24.8 Å². The molecule has 0 aliphatic carbocycles. The summed E-state index contributed by atoms with van der Waals surface area (Å²) >= 11 is 0. The standard InChI is InChI=1S/C25H35N3O4/c1-25(2,3)28-24(31)14-13-23(30)27-19-8-6-7-18(16-19)21(29)12-10-17-9-11-20(26-4)22(15-17)32-5/h6-9,11,15-16,21,26,29H,10,12-14H2,1-5H3,(H,27,30)(H,28,31)/t21-/m1/s1. The van der Waals surface area contributed by atoms with E-state index in [-0.39, 0.29) is 30.2 Å². The van der Waals surface area contributed by atoms with E-state index in [9.17, 15) is 14.7 Å². The summed E-state index contributed by atoms with van der Waals surface area (Å²) in [4.78, 5) is 24.1. The Balaban J connectivity index is 1.90. The predicted octanol–water partition coefficient (Wildman–Crippen LogP) is 4.04. The van der Waals surface area contributed by atoms with E-state index in [0.29, 0.717) is 18.5 Å². The van der Waals surface area contributed by atoms with Crippen LogP contribution in [0.25, 0.3) is 0 Å². The number of carbonyl (C=O) groups is 2. The van der Waals surface area contributed by atoms with Gasteiger partial charge in [-0.2, -0.15) is 0 Å². The predicted molar refractivity (Wildman–Crippen MR) is 128 cm³/mol. The van der Waals surface area contributed by atoms with Gasteiger partial charge in [0.15, 0.2) is 0 Å². The Labute approximate surface area is 190 Å². The summed E-state index contributed by atoms with van der Waals surface area (Å²) in [6, 6.07) is 13.1. The number of amides is 2.